The van der Waals surface area contributed by atoms with Crippen LogP contribution in [0.4, 0.5) is 0 Å². The molecule has 8 heteroatoms. The number of aliphatic hydroxyl groups excluding tert-OH is 3. The van der Waals surface area contributed by atoms with Crippen molar-refractivity contribution in [3.63, 3.8) is 0 Å². The standard InChI is InChI=1S/C9H10BrN3O4/c10-8-4(1-11)2-12-13(8)9-7(16)6(15)5(3-14)17-9/h2,5-7,9,14-16H,3H2/t5-,6-,7-,9-/m1/s1. The topological polar surface area (TPSA) is 112 Å². The number of ether oxygens (including phenoxy) is 1. The minimum Gasteiger partial charge on any atom is -0.394 e. The quantitative estimate of drug-likeness (QED) is 0.655. The van der Waals surface area contributed by atoms with E-state index in [4.69, 9.17) is 15.1 Å². The molecule has 2 rings (SSSR count). The zero-order valence-corrected chi connectivity index (χ0v) is 10.1. The summed E-state index contributed by atoms with van der Waals surface area (Å²) in [4.78, 5) is 0. The van der Waals surface area contributed by atoms with Gasteiger partial charge in [-0.15, -0.1) is 0 Å². The molecule has 0 amide bonds. The predicted octanol–water partition coefficient (Wildman–Crippen LogP) is -0.871. The van der Waals surface area contributed by atoms with Gasteiger partial charge in [0.15, 0.2) is 6.23 Å². The predicted molar refractivity (Wildman–Crippen MR) is 57.7 cm³/mol. The fourth-order valence-corrected chi connectivity index (χ4v) is 2.17. The molecule has 4 atom stereocenters. The number of aliphatic hydroxyl groups is 3. The van der Waals surface area contributed by atoms with Crippen LogP contribution in [0.1, 0.15) is 11.8 Å². The lowest BCUT2D eigenvalue weighted by atomic mass is 10.1. The average molecular weight is 304 g/mol. The van der Waals surface area contributed by atoms with Crippen LogP contribution < -0.4 is 0 Å². The maximum Gasteiger partial charge on any atom is 0.180 e. The Balaban J connectivity index is 2.29. The smallest absolute Gasteiger partial charge is 0.180 e. The van der Waals surface area contributed by atoms with Gasteiger partial charge in [0.05, 0.1) is 12.8 Å². The van der Waals surface area contributed by atoms with E-state index in [9.17, 15) is 10.2 Å². The molecule has 7 nitrogen and oxygen atoms in total. The van der Waals surface area contributed by atoms with Gasteiger partial charge in [-0.05, 0) is 15.9 Å². The highest BCUT2D eigenvalue weighted by Gasteiger charge is 2.44. The van der Waals surface area contributed by atoms with E-state index in [-0.39, 0.29) is 0 Å². The summed E-state index contributed by atoms with van der Waals surface area (Å²) in [6.45, 7) is -0.404. The Morgan fingerprint density at radius 3 is 2.71 bits per heavy atom. The van der Waals surface area contributed by atoms with E-state index < -0.39 is 31.1 Å². The van der Waals surface area contributed by atoms with Crippen molar-refractivity contribution in [2.24, 2.45) is 0 Å². The van der Waals surface area contributed by atoms with E-state index in [1.54, 1.807) is 0 Å². The fourth-order valence-electron chi connectivity index (χ4n) is 1.68. The van der Waals surface area contributed by atoms with E-state index in [1.165, 1.54) is 10.9 Å². The van der Waals surface area contributed by atoms with Crippen LogP contribution in [0.3, 0.4) is 0 Å². The lowest BCUT2D eigenvalue weighted by Crippen LogP contribution is -2.33. The zero-order valence-electron chi connectivity index (χ0n) is 8.56. The van der Waals surface area contributed by atoms with Gasteiger partial charge in [0.1, 0.15) is 34.5 Å². The molecule has 1 fully saturated rings. The highest BCUT2D eigenvalue weighted by atomic mass is 79.9. The first-order chi connectivity index (χ1) is 8.10. The minimum atomic E-state index is -1.21. The van der Waals surface area contributed by atoms with Gasteiger partial charge in [0.25, 0.3) is 0 Å². The van der Waals surface area contributed by atoms with Gasteiger partial charge in [-0.1, -0.05) is 0 Å². The summed E-state index contributed by atoms with van der Waals surface area (Å²) >= 11 is 3.15. The van der Waals surface area contributed by atoms with Crippen LogP contribution in [0.2, 0.25) is 0 Å². The lowest BCUT2D eigenvalue weighted by molar-refractivity contribution is -0.0597. The minimum absolute atomic E-state index is 0.294. The average Bonchev–Trinajstić information content (AvgIpc) is 2.82. The van der Waals surface area contributed by atoms with Gasteiger partial charge in [-0.25, -0.2) is 4.68 Å². The van der Waals surface area contributed by atoms with Gasteiger partial charge in [-0.3, -0.25) is 0 Å². The zero-order chi connectivity index (χ0) is 12.6. The van der Waals surface area contributed by atoms with Crippen molar-refractivity contribution in [3.8, 4) is 6.07 Å². The summed E-state index contributed by atoms with van der Waals surface area (Å²) in [6.07, 6.45) is -2.88. The van der Waals surface area contributed by atoms with Crippen molar-refractivity contribution in [3.05, 3.63) is 16.4 Å². The Morgan fingerprint density at radius 1 is 1.53 bits per heavy atom. The van der Waals surface area contributed by atoms with Crippen LogP contribution in [0, 0.1) is 11.3 Å². The molecule has 0 aromatic carbocycles. The van der Waals surface area contributed by atoms with Gasteiger partial charge in [-0.2, -0.15) is 10.4 Å². The third-order valence-electron chi connectivity index (χ3n) is 2.61. The highest BCUT2D eigenvalue weighted by Crippen LogP contribution is 2.31. The van der Waals surface area contributed by atoms with E-state index in [0.29, 0.717) is 10.2 Å². The largest absolute Gasteiger partial charge is 0.394 e. The van der Waals surface area contributed by atoms with Gasteiger partial charge in [0.2, 0.25) is 0 Å². The molecular formula is C9H10BrN3O4. The molecule has 1 aromatic heterocycles. The maximum atomic E-state index is 9.77. The molecule has 0 spiro atoms. The van der Waals surface area contributed by atoms with Crippen molar-refractivity contribution in [1.82, 2.24) is 9.78 Å². The second kappa shape index (κ2) is 4.72. The molecule has 0 radical (unpaired) electrons. The Kier molecular flexibility index (Phi) is 3.46. The first kappa shape index (κ1) is 12.5. The van der Waals surface area contributed by atoms with E-state index in [0.717, 1.165) is 0 Å². The number of rotatable bonds is 2. The fraction of sp³-hybridized carbons (Fsp3) is 0.556. The monoisotopic (exact) mass is 303 g/mol. The first-order valence-corrected chi connectivity index (χ1v) is 5.65. The van der Waals surface area contributed by atoms with Crippen molar-refractivity contribution >= 4 is 15.9 Å². The van der Waals surface area contributed by atoms with E-state index in [2.05, 4.69) is 21.0 Å². The molecule has 3 N–H and O–H groups in total. The van der Waals surface area contributed by atoms with E-state index >= 15 is 0 Å². The molecule has 1 aliphatic rings. The number of aromatic nitrogens is 2. The van der Waals surface area contributed by atoms with Crippen molar-refractivity contribution in [2.75, 3.05) is 6.61 Å². The van der Waals surface area contributed by atoms with Gasteiger partial charge >= 0.3 is 0 Å². The molecular weight excluding hydrogens is 294 g/mol. The van der Waals surface area contributed by atoms with Crippen LogP contribution in [0.25, 0.3) is 0 Å². The normalized spacial score (nSPS) is 32.6. The number of halogens is 1. The summed E-state index contributed by atoms with van der Waals surface area (Å²) in [7, 11) is 0. The van der Waals surface area contributed by atoms with Crippen LogP contribution in [0.5, 0.6) is 0 Å². The molecule has 0 saturated carbocycles. The number of hydrogen-bond acceptors (Lipinski definition) is 6. The summed E-state index contributed by atoms with van der Waals surface area (Å²) in [5.41, 5.74) is 0.294. The first-order valence-electron chi connectivity index (χ1n) is 4.85. The maximum absolute atomic E-state index is 9.77. The second-order valence-electron chi connectivity index (χ2n) is 3.63. The molecule has 0 bridgehead atoms. The molecule has 92 valence electrons. The summed E-state index contributed by atoms with van der Waals surface area (Å²) in [5, 5.41) is 41.0. The van der Waals surface area contributed by atoms with Crippen LogP contribution in [0.15, 0.2) is 10.8 Å². The Hall–Kier alpha value is -0.980. The summed E-state index contributed by atoms with van der Waals surface area (Å²) in [6, 6.07) is 1.91. The third-order valence-corrected chi connectivity index (χ3v) is 3.40. The second-order valence-corrected chi connectivity index (χ2v) is 4.39. The molecule has 2 heterocycles. The number of nitrogens with zero attached hydrogens (tertiary/aromatic N) is 3. The van der Waals surface area contributed by atoms with E-state index in [1.807, 2.05) is 6.07 Å². The van der Waals surface area contributed by atoms with Crippen LogP contribution >= 0.6 is 15.9 Å². The Morgan fingerprint density at radius 2 is 2.24 bits per heavy atom. The van der Waals surface area contributed by atoms with Crippen LogP contribution in [-0.2, 0) is 4.74 Å². The van der Waals surface area contributed by atoms with Crippen molar-refractivity contribution in [2.45, 2.75) is 24.5 Å². The number of nitriles is 1. The number of hydrogen-bond donors (Lipinski definition) is 3. The van der Waals surface area contributed by atoms with Gasteiger partial charge < -0.3 is 20.1 Å². The van der Waals surface area contributed by atoms with Crippen molar-refractivity contribution < 1.29 is 20.1 Å². The summed E-state index contributed by atoms with van der Waals surface area (Å²) in [5.74, 6) is 0. The Bertz CT molecular complexity index is 458. The molecule has 0 aliphatic carbocycles. The summed E-state index contributed by atoms with van der Waals surface area (Å²) < 4.78 is 6.88. The lowest BCUT2D eigenvalue weighted by Gasteiger charge is -2.15. The van der Waals surface area contributed by atoms with Gasteiger partial charge in [0, 0.05) is 0 Å². The third kappa shape index (κ3) is 1.96. The molecule has 1 aromatic rings. The molecule has 17 heavy (non-hydrogen) atoms. The molecule has 1 aliphatic heterocycles. The van der Waals surface area contributed by atoms with Crippen molar-refractivity contribution in [1.29, 1.82) is 5.26 Å². The van der Waals surface area contributed by atoms with Crippen LogP contribution in [-0.4, -0.2) is 50.0 Å². The SMILES string of the molecule is N#Cc1cnn([C@@H]2O[C@H](CO)[C@@H](O)[C@H]2O)c1Br. The molecule has 1 saturated heterocycles. The highest BCUT2D eigenvalue weighted by molar-refractivity contribution is 9.10. The molecule has 0 unspecified atom stereocenters. The Labute approximate surface area is 105 Å².